The maximum Gasteiger partial charge on any atom is 0.141 e. The fourth-order valence-electron chi connectivity index (χ4n) is 2.31. The van der Waals surface area contributed by atoms with E-state index in [0.29, 0.717) is 0 Å². The summed E-state index contributed by atoms with van der Waals surface area (Å²) in [7, 11) is 0. The van der Waals surface area contributed by atoms with Crippen molar-refractivity contribution in [3.8, 4) is 0 Å². The summed E-state index contributed by atoms with van der Waals surface area (Å²) < 4.78 is 13.1. The predicted molar refractivity (Wildman–Crippen MR) is 72.2 cm³/mol. The van der Waals surface area contributed by atoms with Crippen molar-refractivity contribution in [3.05, 3.63) is 58.4 Å². The molecule has 0 bridgehead atoms. The van der Waals surface area contributed by atoms with Gasteiger partial charge in [-0.15, -0.1) is 0 Å². The number of fused-ring (bicyclic) bond motifs is 1. The Hall–Kier alpha value is -1.74. The summed E-state index contributed by atoms with van der Waals surface area (Å²) in [6.45, 7) is 1.52. The Morgan fingerprint density at radius 2 is 2.00 bits per heavy atom. The van der Waals surface area contributed by atoms with Gasteiger partial charge in [-0.05, 0) is 35.4 Å². The van der Waals surface area contributed by atoms with Crippen LogP contribution in [0.3, 0.4) is 0 Å². The molecule has 2 N–H and O–H groups in total. The van der Waals surface area contributed by atoms with Crippen molar-refractivity contribution in [1.82, 2.24) is 0 Å². The van der Waals surface area contributed by atoms with Crippen LogP contribution in [-0.4, -0.2) is 0 Å². The highest BCUT2D eigenvalue weighted by Crippen LogP contribution is 2.32. The average molecular weight is 263 g/mol. The van der Waals surface area contributed by atoms with E-state index in [0.717, 1.165) is 30.0 Å². The first-order valence-corrected chi connectivity index (χ1v) is 6.09. The highest BCUT2D eigenvalue weighted by molar-refractivity contribution is 6.31. The average Bonchev–Trinajstić information content (AvgIpc) is 2.78. The first kappa shape index (κ1) is 11.4. The summed E-state index contributed by atoms with van der Waals surface area (Å²) in [6.07, 6.45) is 0. The van der Waals surface area contributed by atoms with Gasteiger partial charge in [0.1, 0.15) is 5.82 Å². The van der Waals surface area contributed by atoms with E-state index >= 15 is 0 Å². The van der Waals surface area contributed by atoms with Gasteiger partial charge in [0.2, 0.25) is 0 Å². The number of benzene rings is 2. The van der Waals surface area contributed by atoms with E-state index < -0.39 is 5.82 Å². The van der Waals surface area contributed by atoms with E-state index in [1.54, 1.807) is 12.1 Å². The van der Waals surface area contributed by atoms with Crippen LogP contribution in [0, 0.1) is 5.82 Å². The second-order valence-corrected chi connectivity index (χ2v) is 4.85. The number of nitrogens with zero attached hydrogens (tertiary/aromatic N) is 1. The van der Waals surface area contributed by atoms with Crippen LogP contribution >= 0.6 is 11.6 Å². The smallest absolute Gasteiger partial charge is 0.141 e. The minimum atomic E-state index is -0.392. The van der Waals surface area contributed by atoms with Gasteiger partial charge in [-0.25, -0.2) is 4.39 Å². The van der Waals surface area contributed by atoms with Crippen LogP contribution in [0.25, 0.3) is 0 Å². The minimum absolute atomic E-state index is 0.149. The second-order valence-electron chi connectivity index (χ2n) is 4.44. The maximum atomic E-state index is 13.1. The molecule has 0 aliphatic carbocycles. The molecule has 0 saturated carbocycles. The van der Waals surface area contributed by atoms with Crippen molar-refractivity contribution in [2.24, 2.45) is 0 Å². The Kier molecular flexibility index (Phi) is 2.63. The van der Waals surface area contributed by atoms with Crippen molar-refractivity contribution in [2.75, 3.05) is 10.6 Å². The zero-order chi connectivity index (χ0) is 12.7. The van der Waals surface area contributed by atoms with Gasteiger partial charge in [-0.2, -0.15) is 0 Å². The third-order valence-corrected chi connectivity index (χ3v) is 3.58. The van der Waals surface area contributed by atoms with Crippen LogP contribution in [-0.2, 0) is 13.1 Å². The standard InChI is InChI=1S/C14H12ClFN2/c15-12-6-10(4-5-13(12)16)18-7-9-2-1-3-14(17)11(9)8-18/h1-6H,7-8,17H2. The van der Waals surface area contributed by atoms with Gasteiger partial charge in [0, 0.05) is 24.5 Å². The molecule has 0 fully saturated rings. The van der Waals surface area contributed by atoms with Gasteiger partial charge in [0.05, 0.1) is 5.02 Å². The lowest BCUT2D eigenvalue weighted by molar-refractivity contribution is 0.628. The maximum absolute atomic E-state index is 13.1. The lowest BCUT2D eigenvalue weighted by Gasteiger charge is -2.18. The molecule has 0 aromatic heterocycles. The highest BCUT2D eigenvalue weighted by Gasteiger charge is 2.21. The SMILES string of the molecule is Nc1cccc2c1CN(c1ccc(F)c(Cl)c1)C2. The van der Waals surface area contributed by atoms with Crippen LogP contribution in [0.5, 0.6) is 0 Å². The van der Waals surface area contributed by atoms with Gasteiger partial charge in [0.15, 0.2) is 0 Å². The van der Waals surface area contributed by atoms with Gasteiger partial charge in [-0.3, -0.25) is 0 Å². The van der Waals surface area contributed by atoms with Crippen molar-refractivity contribution >= 4 is 23.0 Å². The van der Waals surface area contributed by atoms with E-state index in [1.807, 2.05) is 12.1 Å². The summed E-state index contributed by atoms with van der Waals surface area (Å²) in [4.78, 5) is 2.13. The molecule has 0 unspecified atom stereocenters. The number of anilines is 2. The molecule has 2 aromatic rings. The summed E-state index contributed by atoms with van der Waals surface area (Å²) in [6, 6.07) is 10.7. The van der Waals surface area contributed by atoms with Crippen LogP contribution in [0.4, 0.5) is 15.8 Å². The molecular formula is C14H12ClFN2. The topological polar surface area (TPSA) is 29.3 Å². The third kappa shape index (κ3) is 1.81. The van der Waals surface area contributed by atoms with E-state index in [9.17, 15) is 4.39 Å². The number of hydrogen-bond donors (Lipinski definition) is 1. The lowest BCUT2D eigenvalue weighted by Crippen LogP contribution is -2.14. The molecule has 0 atom stereocenters. The summed E-state index contributed by atoms with van der Waals surface area (Å²) in [5.41, 5.74) is 10.0. The molecule has 0 saturated heterocycles. The van der Waals surface area contributed by atoms with Crippen molar-refractivity contribution < 1.29 is 4.39 Å². The van der Waals surface area contributed by atoms with E-state index in [-0.39, 0.29) is 5.02 Å². The Bertz CT molecular complexity index is 613. The summed E-state index contributed by atoms with van der Waals surface area (Å²) >= 11 is 5.81. The first-order valence-electron chi connectivity index (χ1n) is 5.71. The quantitative estimate of drug-likeness (QED) is 0.796. The van der Waals surface area contributed by atoms with E-state index in [4.69, 9.17) is 17.3 Å². The van der Waals surface area contributed by atoms with Crippen LogP contribution in [0.2, 0.25) is 5.02 Å². The van der Waals surface area contributed by atoms with Gasteiger partial charge in [-0.1, -0.05) is 23.7 Å². The minimum Gasteiger partial charge on any atom is -0.398 e. The fraction of sp³-hybridized carbons (Fsp3) is 0.143. The van der Waals surface area contributed by atoms with Crippen molar-refractivity contribution in [1.29, 1.82) is 0 Å². The molecule has 18 heavy (non-hydrogen) atoms. The van der Waals surface area contributed by atoms with Gasteiger partial charge < -0.3 is 10.6 Å². The number of rotatable bonds is 1. The predicted octanol–water partition coefficient (Wildman–Crippen LogP) is 3.58. The molecule has 3 rings (SSSR count). The normalized spacial score (nSPS) is 13.8. The molecule has 4 heteroatoms. The zero-order valence-electron chi connectivity index (χ0n) is 9.66. The first-order chi connectivity index (χ1) is 8.65. The molecule has 0 amide bonds. The van der Waals surface area contributed by atoms with E-state index in [2.05, 4.69) is 11.0 Å². The van der Waals surface area contributed by atoms with Gasteiger partial charge in [0.25, 0.3) is 0 Å². The molecule has 92 valence electrons. The summed E-state index contributed by atoms with van der Waals surface area (Å²) in [5.74, 6) is -0.392. The molecular weight excluding hydrogens is 251 g/mol. The number of nitrogens with two attached hydrogens (primary N) is 1. The van der Waals surface area contributed by atoms with Crippen LogP contribution in [0.15, 0.2) is 36.4 Å². The molecule has 2 aromatic carbocycles. The Labute approximate surface area is 110 Å². The van der Waals surface area contributed by atoms with Crippen molar-refractivity contribution in [2.45, 2.75) is 13.1 Å². The Balaban J connectivity index is 1.94. The Morgan fingerprint density at radius 3 is 2.72 bits per heavy atom. The van der Waals surface area contributed by atoms with Crippen LogP contribution in [0.1, 0.15) is 11.1 Å². The highest BCUT2D eigenvalue weighted by atomic mass is 35.5. The zero-order valence-corrected chi connectivity index (χ0v) is 10.4. The molecule has 1 heterocycles. The van der Waals surface area contributed by atoms with Crippen molar-refractivity contribution in [3.63, 3.8) is 0 Å². The molecule has 1 aliphatic heterocycles. The lowest BCUT2D eigenvalue weighted by atomic mass is 10.1. The number of hydrogen-bond acceptors (Lipinski definition) is 2. The number of halogens is 2. The van der Waals surface area contributed by atoms with Gasteiger partial charge >= 0.3 is 0 Å². The second kappa shape index (κ2) is 4.18. The molecule has 0 spiro atoms. The van der Waals surface area contributed by atoms with E-state index in [1.165, 1.54) is 11.6 Å². The molecule has 2 nitrogen and oxygen atoms in total. The monoisotopic (exact) mass is 262 g/mol. The molecule has 0 radical (unpaired) electrons. The third-order valence-electron chi connectivity index (χ3n) is 3.29. The largest absolute Gasteiger partial charge is 0.398 e. The molecule has 1 aliphatic rings. The fourth-order valence-corrected chi connectivity index (χ4v) is 2.49. The van der Waals surface area contributed by atoms with Crippen LogP contribution < -0.4 is 10.6 Å². The number of nitrogen functional groups attached to an aromatic ring is 1. The Morgan fingerprint density at radius 1 is 1.17 bits per heavy atom. The summed E-state index contributed by atoms with van der Waals surface area (Å²) in [5, 5.41) is 0.149.